The third-order valence-corrected chi connectivity index (χ3v) is 3.43. The van der Waals surface area contributed by atoms with Crippen LogP contribution in [0.15, 0.2) is 24.3 Å². The summed E-state index contributed by atoms with van der Waals surface area (Å²) in [7, 11) is 0. The fourth-order valence-corrected chi connectivity index (χ4v) is 2.21. The van der Waals surface area contributed by atoms with Crippen LogP contribution in [0.1, 0.15) is 24.7 Å². The van der Waals surface area contributed by atoms with Gasteiger partial charge in [-0.25, -0.2) is 4.98 Å². The second kappa shape index (κ2) is 5.92. The third-order valence-electron chi connectivity index (χ3n) is 3.03. The van der Waals surface area contributed by atoms with Crippen molar-refractivity contribution in [3.8, 4) is 11.3 Å². The van der Waals surface area contributed by atoms with E-state index < -0.39 is 4.92 Å². The number of hydrogen-bond donors (Lipinski definition) is 1. The first-order valence-corrected chi connectivity index (χ1v) is 6.78. The highest BCUT2D eigenvalue weighted by molar-refractivity contribution is 7.71. The van der Waals surface area contributed by atoms with Crippen LogP contribution in [0.25, 0.3) is 11.3 Å². The van der Waals surface area contributed by atoms with Crippen LogP contribution < -0.4 is 0 Å². The summed E-state index contributed by atoms with van der Waals surface area (Å²) in [5.74, 6) is 0.810. The van der Waals surface area contributed by atoms with Gasteiger partial charge in [-0.3, -0.25) is 10.1 Å². The summed E-state index contributed by atoms with van der Waals surface area (Å²) in [5, 5.41) is 10.9. The maximum atomic E-state index is 10.9. The normalized spacial score (nSPS) is 10.5. The van der Waals surface area contributed by atoms with E-state index in [1.54, 1.807) is 12.1 Å². The number of H-pyrrole nitrogens is 1. The number of aryl methyl sites for hydroxylation is 1. The number of non-ortho nitro benzene ring substituents is 1. The van der Waals surface area contributed by atoms with E-state index in [2.05, 4.69) is 16.9 Å². The Morgan fingerprint density at radius 1 is 1.45 bits per heavy atom. The zero-order valence-electron chi connectivity index (χ0n) is 11.3. The average Bonchev–Trinajstić information content (AvgIpc) is 2.43. The van der Waals surface area contributed by atoms with Gasteiger partial charge >= 0.3 is 0 Å². The molecule has 0 atom stereocenters. The van der Waals surface area contributed by atoms with Gasteiger partial charge in [0.2, 0.25) is 0 Å². The third kappa shape index (κ3) is 2.91. The fraction of sp³-hybridized carbons (Fsp3) is 0.286. The largest absolute Gasteiger partial charge is 0.343 e. The average molecular weight is 289 g/mol. The van der Waals surface area contributed by atoms with Crippen LogP contribution in [0.3, 0.4) is 0 Å². The molecule has 1 aromatic heterocycles. The highest BCUT2D eigenvalue weighted by atomic mass is 32.1. The number of aromatic amines is 1. The summed E-state index contributed by atoms with van der Waals surface area (Å²) >= 11 is 5.26. The quantitative estimate of drug-likeness (QED) is 0.525. The van der Waals surface area contributed by atoms with Crippen LogP contribution in [-0.4, -0.2) is 14.9 Å². The molecule has 0 unspecified atom stereocenters. The van der Waals surface area contributed by atoms with Crippen molar-refractivity contribution in [1.29, 1.82) is 0 Å². The Balaban J connectivity index is 2.59. The minimum absolute atomic E-state index is 0.0649. The molecule has 2 aromatic rings. The van der Waals surface area contributed by atoms with Gasteiger partial charge in [0.25, 0.3) is 5.69 Å². The van der Waals surface area contributed by atoms with E-state index in [-0.39, 0.29) is 5.69 Å². The van der Waals surface area contributed by atoms with Gasteiger partial charge in [-0.1, -0.05) is 31.3 Å². The summed E-state index contributed by atoms with van der Waals surface area (Å²) in [6.45, 7) is 3.93. The minimum atomic E-state index is -0.401. The lowest BCUT2D eigenvalue weighted by Gasteiger charge is -2.09. The van der Waals surface area contributed by atoms with Gasteiger partial charge in [0.1, 0.15) is 10.5 Å². The van der Waals surface area contributed by atoms with Gasteiger partial charge in [0.05, 0.1) is 10.6 Å². The van der Waals surface area contributed by atoms with E-state index >= 15 is 0 Å². The van der Waals surface area contributed by atoms with Crippen LogP contribution >= 0.6 is 12.2 Å². The first kappa shape index (κ1) is 14.3. The Morgan fingerprint density at radius 3 is 2.85 bits per heavy atom. The molecule has 0 aliphatic heterocycles. The molecule has 0 amide bonds. The summed E-state index contributed by atoms with van der Waals surface area (Å²) in [6.07, 6.45) is 1.75. The lowest BCUT2D eigenvalue weighted by atomic mass is 10.1. The van der Waals surface area contributed by atoms with E-state index in [1.165, 1.54) is 6.07 Å². The number of nitro benzene ring substituents is 1. The molecule has 2 rings (SSSR count). The molecule has 104 valence electrons. The van der Waals surface area contributed by atoms with Gasteiger partial charge in [0.15, 0.2) is 0 Å². The standard InChI is InChI=1S/C14H15N3O2S/c1-3-5-12-15-13(9(2)14(20)16-12)10-6-4-7-11(8-10)17(18)19/h4,6-8H,3,5H2,1-2H3,(H,15,16,20). The van der Waals surface area contributed by atoms with Gasteiger partial charge in [0, 0.05) is 29.7 Å². The van der Waals surface area contributed by atoms with E-state index in [9.17, 15) is 10.1 Å². The second-order valence-electron chi connectivity index (χ2n) is 4.55. The highest BCUT2D eigenvalue weighted by Gasteiger charge is 2.11. The van der Waals surface area contributed by atoms with Crippen molar-refractivity contribution in [3.05, 3.63) is 50.4 Å². The number of benzene rings is 1. The SMILES string of the molecule is CCCc1nc(=S)c(C)c(-c2cccc([N+](=O)[O-])c2)[nH]1. The van der Waals surface area contributed by atoms with Gasteiger partial charge in [-0.2, -0.15) is 0 Å². The lowest BCUT2D eigenvalue weighted by Crippen LogP contribution is -2.00. The Hall–Kier alpha value is -2.08. The predicted molar refractivity (Wildman–Crippen MR) is 80.2 cm³/mol. The first-order chi connectivity index (χ1) is 9.52. The smallest absolute Gasteiger partial charge is 0.270 e. The maximum absolute atomic E-state index is 10.9. The molecule has 20 heavy (non-hydrogen) atoms. The molecule has 0 saturated carbocycles. The second-order valence-corrected chi connectivity index (χ2v) is 4.93. The number of nitrogens with zero attached hydrogens (tertiary/aromatic N) is 2. The van der Waals surface area contributed by atoms with Crippen molar-refractivity contribution >= 4 is 17.9 Å². The zero-order chi connectivity index (χ0) is 14.7. The maximum Gasteiger partial charge on any atom is 0.270 e. The fourth-order valence-electron chi connectivity index (χ4n) is 2.00. The number of nitrogens with one attached hydrogen (secondary N) is 1. The van der Waals surface area contributed by atoms with Gasteiger partial charge < -0.3 is 4.98 Å². The van der Waals surface area contributed by atoms with Crippen molar-refractivity contribution < 1.29 is 4.92 Å². The number of nitro groups is 1. The van der Waals surface area contributed by atoms with Crippen molar-refractivity contribution in [2.45, 2.75) is 26.7 Å². The Kier molecular flexibility index (Phi) is 4.24. The first-order valence-electron chi connectivity index (χ1n) is 6.37. The van der Waals surface area contributed by atoms with E-state index in [0.717, 1.165) is 35.5 Å². The molecule has 1 N–H and O–H groups in total. The molecular weight excluding hydrogens is 274 g/mol. The number of hydrogen-bond acceptors (Lipinski definition) is 4. The summed E-state index contributed by atoms with van der Waals surface area (Å²) in [5.41, 5.74) is 2.45. The van der Waals surface area contributed by atoms with Crippen LogP contribution in [0.4, 0.5) is 5.69 Å². The molecule has 0 fully saturated rings. The summed E-state index contributed by atoms with van der Waals surface area (Å²) < 4.78 is 0.536. The molecule has 0 saturated heterocycles. The van der Waals surface area contributed by atoms with E-state index in [1.807, 2.05) is 13.0 Å². The van der Waals surface area contributed by atoms with Gasteiger partial charge in [-0.05, 0) is 13.3 Å². The van der Waals surface area contributed by atoms with Crippen molar-refractivity contribution in [1.82, 2.24) is 9.97 Å². The Bertz CT molecular complexity index is 710. The molecule has 0 aliphatic carbocycles. The molecule has 5 nitrogen and oxygen atoms in total. The minimum Gasteiger partial charge on any atom is -0.343 e. The van der Waals surface area contributed by atoms with Crippen molar-refractivity contribution in [3.63, 3.8) is 0 Å². The van der Waals surface area contributed by atoms with Crippen LogP contribution in [-0.2, 0) is 6.42 Å². The molecule has 6 heteroatoms. The number of aromatic nitrogens is 2. The zero-order valence-corrected chi connectivity index (χ0v) is 12.2. The van der Waals surface area contributed by atoms with Crippen molar-refractivity contribution in [2.75, 3.05) is 0 Å². The Morgan fingerprint density at radius 2 is 2.20 bits per heavy atom. The molecule has 0 aliphatic rings. The molecule has 1 heterocycles. The van der Waals surface area contributed by atoms with Crippen LogP contribution in [0.5, 0.6) is 0 Å². The Labute approximate surface area is 121 Å². The van der Waals surface area contributed by atoms with E-state index in [0.29, 0.717) is 4.64 Å². The molecule has 1 aromatic carbocycles. The number of rotatable bonds is 4. The summed E-state index contributed by atoms with van der Waals surface area (Å²) in [6, 6.07) is 6.52. The summed E-state index contributed by atoms with van der Waals surface area (Å²) in [4.78, 5) is 18.0. The molecule has 0 radical (unpaired) electrons. The van der Waals surface area contributed by atoms with Crippen molar-refractivity contribution in [2.24, 2.45) is 0 Å². The molecule has 0 bridgehead atoms. The van der Waals surface area contributed by atoms with Crippen LogP contribution in [0.2, 0.25) is 0 Å². The monoisotopic (exact) mass is 289 g/mol. The molecule has 0 spiro atoms. The predicted octanol–water partition coefficient (Wildman–Crippen LogP) is 3.98. The van der Waals surface area contributed by atoms with E-state index in [4.69, 9.17) is 12.2 Å². The molecular formula is C14H15N3O2S. The topological polar surface area (TPSA) is 71.8 Å². The highest BCUT2D eigenvalue weighted by Crippen LogP contribution is 2.25. The van der Waals surface area contributed by atoms with Crippen LogP contribution in [0, 0.1) is 21.7 Å². The lowest BCUT2D eigenvalue weighted by molar-refractivity contribution is -0.384. The van der Waals surface area contributed by atoms with Gasteiger partial charge in [-0.15, -0.1) is 0 Å².